The molecule has 3 atom stereocenters. The molecule has 2 N–H and O–H groups in total. The van der Waals surface area contributed by atoms with E-state index in [0.717, 1.165) is 27.3 Å². The van der Waals surface area contributed by atoms with Gasteiger partial charge in [0.2, 0.25) is 11.8 Å². The van der Waals surface area contributed by atoms with Crippen molar-refractivity contribution in [2.45, 2.75) is 23.1 Å². The molecule has 41 heavy (non-hydrogen) atoms. The van der Waals surface area contributed by atoms with Crippen molar-refractivity contribution >= 4 is 52.2 Å². The van der Waals surface area contributed by atoms with E-state index >= 15 is 0 Å². The van der Waals surface area contributed by atoms with E-state index in [2.05, 4.69) is 10.3 Å². The van der Waals surface area contributed by atoms with Gasteiger partial charge in [-0.2, -0.15) is 0 Å². The lowest BCUT2D eigenvalue weighted by atomic mass is 9.83. The molecule has 9 nitrogen and oxygen atoms in total. The van der Waals surface area contributed by atoms with Gasteiger partial charge in [0.25, 0.3) is 5.91 Å². The summed E-state index contributed by atoms with van der Waals surface area (Å²) >= 11 is 2.30. The lowest BCUT2D eigenvalue weighted by Crippen LogP contribution is -2.32. The number of aromatic amines is 1. The lowest BCUT2D eigenvalue weighted by molar-refractivity contribution is -0.122. The third-order valence-corrected chi connectivity index (χ3v) is 9.50. The highest BCUT2D eigenvalue weighted by molar-refractivity contribution is 8.00. The number of hydrogen-bond donors (Lipinski definition) is 2. The molecule has 3 amide bonds. The number of carbonyl (C=O) groups is 3. The Morgan fingerprint density at radius 3 is 2.29 bits per heavy atom. The van der Waals surface area contributed by atoms with Gasteiger partial charge in [-0.15, -0.1) is 0 Å². The molecule has 0 saturated carbocycles. The van der Waals surface area contributed by atoms with Crippen LogP contribution in [0.2, 0.25) is 0 Å². The van der Waals surface area contributed by atoms with Crippen molar-refractivity contribution in [3.63, 3.8) is 0 Å². The standard InChI is InChI=1S/C30H25N3O6S2/c1-16-3-9-19(10-4-16)33-28(35)24-23(25-27(32-30(37)41-25)40-26(24)29(33)36)17-5-11-21(12-6-17)39-15-22(34)31-18-7-13-20(38-2)14-8-18/h3-14,23-24,26H,15H2,1-2H3,(H,31,34)(H,32,37). The summed E-state index contributed by atoms with van der Waals surface area (Å²) in [6.45, 7) is 1.75. The van der Waals surface area contributed by atoms with Crippen molar-refractivity contribution in [3.05, 3.63) is 98.5 Å². The minimum atomic E-state index is -0.671. The van der Waals surface area contributed by atoms with Gasteiger partial charge in [-0.1, -0.05) is 52.9 Å². The van der Waals surface area contributed by atoms with E-state index in [9.17, 15) is 19.2 Å². The van der Waals surface area contributed by atoms with Crippen LogP contribution in [0.4, 0.5) is 11.4 Å². The molecular formula is C30H25N3O6S2. The fourth-order valence-electron chi connectivity index (χ4n) is 5.12. The van der Waals surface area contributed by atoms with Crippen LogP contribution in [0.15, 0.2) is 82.6 Å². The second-order valence-corrected chi connectivity index (χ2v) is 11.9. The first-order valence-corrected chi connectivity index (χ1v) is 14.5. The summed E-state index contributed by atoms with van der Waals surface area (Å²) in [5, 5.41) is 2.72. The van der Waals surface area contributed by atoms with Crippen molar-refractivity contribution < 1.29 is 23.9 Å². The average molecular weight is 588 g/mol. The van der Waals surface area contributed by atoms with Gasteiger partial charge in [0, 0.05) is 16.5 Å². The van der Waals surface area contributed by atoms with Crippen molar-refractivity contribution in [2.75, 3.05) is 23.9 Å². The maximum atomic E-state index is 13.8. The minimum Gasteiger partial charge on any atom is -0.497 e. The Hall–Kier alpha value is -4.35. The van der Waals surface area contributed by atoms with E-state index in [4.69, 9.17) is 9.47 Å². The number of amides is 3. The monoisotopic (exact) mass is 587 g/mol. The average Bonchev–Trinajstić information content (AvgIpc) is 3.47. The fourth-order valence-corrected chi connectivity index (χ4v) is 7.63. The predicted molar refractivity (Wildman–Crippen MR) is 157 cm³/mol. The van der Waals surface area contributed by atoms with E-state index in [-0.39, 0.29) is 29.2 Å². The number of carbonyl (C=O) groups excluding carboxylic acids is 3. The quantitative estimate of drug-likeness (QED) is 0.304. The molecule has 0 spiro atoms. The topological polar surface area (TPSA) is 118 Å². The zero-order valence-corrected chi connectivity index (χ0v) is 23.7. The van der Waals surface area contributed by atoms with Crippen molar-refractivity contribution in [1.82, 2.24) is 4.98 Å². The summed E-state index contributed by atoms with van der Waals surface area (Å²) in [6.07, 6.45) is 0. The number of anilines is 2. The van der Waals surface area contributed by atoms with Crippen molar-refractivity contribution in [3.8, 4) is 11.5 Å². The second-order valence-electron chi connectivity index (χ2n) is 9.73. The van der Waals surface area contributed by atoms with Crippen LogP contribution in [-0.4, -0.2) is 41.7 Å². The normalized spacial score (nSPS) is 19.5. The number of H-pyrrole nitrogens is 1. The van der Waals surface area contributed by atoms with Crippen LogP contribution in [0.25, 0.3) is 0 Å². The molecule has 1 saturated heterocycles. The van der Waals surface area contributed by atoms with Crippen LogP contribution >= 0.6 is 23.1 Å². The van der Waals surface area contributed by atoms with E-state index in [1.54, 1.807) is 55.6 Å². The number of thiazole rings is 1. The zero-order valence-electron chi connectivity index (χ0n) is 22.1. The molecule has 0 aliphatic carbocycles. The second kappa shape index (κ2) is 10.9. The number of nitrogens with zero attached hydrogens (tertiary/aromatic N) is 1. The summed E-state index contributed by atoms with van der Waals surface area (Å²) in [5.74, 6) is -0.901. The Bertz CT molecular complexity index is 1680. The van der Waals surface area contributed by atoms with Crippen molar-refractivity contribution in [1.29, 1.82) is 0 Å². The summed E-state index contributed by atoms with van der Waals surface area (Å²) in [6, 6.07) is 21.3. The molecule has 208 valence electrons. The highest BCUT2D eigenvalue weighted by Gasteiger charge is 2.56. The van der Waals surface area contributed by atoms with Gasteiger partial charge >= 0.3 is 4.87 Å². The smallest absolute Gasteiger partial charge is 0.305 e. The number of aryl methyl sites for hydroxylation is 1. The molecule has 1 aromatic heterocycles. The van der Waals surface area contributed by atoms with Gasteiger partial charge in [-0.05, 0) is 61.0 Å². The van der Waals surface area contributed by atoms with Crippen LogP contribution in [0.3, 0.4) is 0 Å². The van der Waals surface area contributed by atoms with Gasteiger partial charge in [0.1, 0.15) is 16.7 Å². The van der Waals surface area contributed by atoms with E-state index in [1.165, 1.54) is 16.7 Å². The molecule has 3 heterocycles. The van der Waals surface area contributed by atoms with Crippen LogP contribution in [-0.2, 0) is 14.4 Å². The fraction of sp³-hybridized carbons (Fsp3) is 0.200. The van der Waals surface area contributed by atoms with Gasteiger partial charge in [0.15, 0.2) is 6.61 Å². The highest BCUT2D eigenvalue weighted by atomic mass is 32.2. The number of thioether (sulfide) groups is 1. The number of rotatable bonds is 7. The summed E-state index contributed by atoms with van der Waals surface area (Å²) in [4.78, 5) is 56.6. The number of fused-ring (bicyclic) bond motifs is 2. The Labute approximate surface area is 243 Å². The Kier molecular flexibility index (Phi) is 7.14. The van der Waals surface area contributed by atoms with Gasteiger partial charge in [-0.3, -0.25) is 19.2 Å². The third-order valence-electron chi connectivity index (χ3n) is 7.10. The molecule has 4 aromatic rings. The predicted octanol–water partition coefficient (Wildman–Crippen LogP) is 4.57. The Balaban J connectivity index is 1.22. The first kappa shape index (κ1) is 26.9. The molecule has 0 bridgehead atoms. The van der Waals surface area contributed by atoms with E-state index < -0.39 is 17.1 Å². The SMILES string of the molecule is COc1ccc(NC(=O)COc2ccc(C3c4sc(=O)[nH]c4SC4C(=O)N(c5ccc(C)cc5)C(=O)C43)cc2)cc1. The summed E-state index contributed by atoms with van der Waals surface area (Å²) < 4.78 is 10.8. The Morgan fingerprint density at radius 2 is 1.61 bits per heavy atom. The molecule has 2 aliphatic heterocycles. The number of hydrogen-bond acceptors (Lipinski definition) is 8. The van der Waals surface area contributed by atoms with Gasteiger partial charge in [0.05, 0.1) is 23.7 Å². The number of aromatic nitrogens is 1. The highest BCUT2D eigenvalue weighted by Crippen LogP contribution is 2.53. The maximum absolute atomic E-state index is 13.8. The van der Waals surface area contributed by atoms with Gasteiger partial charge < -0.3 is 19.8 Å². The molecule has 1 fully saturated rings. The number of ether oxygens (including phenoxy) is 2. The first-order chi connectivity index (χ1) is 19.8. The molecular weight excluding hydrogens is 562 g/mol. The van der Waals surface area contributed by atoms with Crippen LogP contribution in [0.1, 0.15) is 21.9 Å². The maximum Gasteiger partial charge on any atom is 0.305 e. The summed E-state index contributed by atoms with van der Waals surface area (Å²) in [7, 11) is 1.57. The van der Waals surface area contributed by atoms with Crippen LogP contribution in [0, 0.1) is 12.8 Å². The van der Waals surface area contributed by atoms with E-state index in [0.29, 0.717) is 27.9 Å². The third kappa shape index (κ3) is 5.14. The molecule has 3 unspecified atom stereocenters. The van der Waals surface area contributed by atoms with Crippen LogP contribution in [0.5, 0.6) is 11.5 Å². The van der Waals surface area contributed by atoms with Crippen LogP contribution < -0.4 is 24.6 Å². The molecule has 3 aromatic carbocycles. The number of nitrogens with one attached hydrogen (secondary N) is 2. The molecule has 6 rings (SSSR count). The van der Waals surface area contributed by atoms with Crippen molar-refractivity contribution in [2.24, 2.45) is 5.92 Å². The number of methoxy groups -OCH3 is 1. The molecule has 11 heteroatoms. The lowest BCUT2D eigenvalue weighted by Gasteiger charge is -2.29. The molecule has 0 radical (unpaired) electrons. The first-order valence-electron chi connectivity index (χ1n) is 12.8. The minimum absolute atomic E-state index is 0.196. The van der Waals surface area contributed by atoms with Gasteiger partial charge in [-0.25, -0.2) is 4.90 Å². The summed E-state index contributed by atoms with van der Waals surface area (Å²) in [5.41, 5.74) is 2.96. The number of imide groups is 1. The van der Waals surface area contributed by atoms with E-state index in [1.807, 2.05) is 31.2 Å². The zero-order chi connectivity index (χ0) is 28.7. The molecule has 2 aliphatic rings. The largest absolute Gasteiger partial charge is 0.497 e. The number of benzene rings is 3. The Morgan fingerprint density at radius 1 is 0.927 bits per heavy atom.